The normalized spacial score (nSPS) is 15.4. The summed E-state index contributed by atoms with van der Waals surface area (Å²) in [4.78, 5) is 21.5. The molecule has 4 heteroatoms. The van der Waals surface area contributed by atoms with Crippen LogP contribution in [0.2, 0.25) is 0 Å². The van der Waals surface area contributed by atoms with Gasteiger partial charge < -0.3 is 0 Å². The summed E-state index contributed by atoms with van der Waals surface area (Å²) in [5, 5.41) is 0. The molecule has 0 saturated carbocycles. The number of hydrogen-bond acceptors (Lipinski definition) is 4. The largest absolute Gasteiger partial charge is 0.236 e. The van der Waals surface area contributed by atoms with Gasteiger partial charge in [-0.05, 0) is 74.1 Å². The predicted octanol–water partition coefficient (Wildman–Crippen LogP) is 4.67. The van der Waals surface area contributed by atoms with Crippen LogP contribution in [0.15, 0.2) is 0 Å². The Morgan fingerprint density at radius 2 is 1.25 bits per heavy atom. The molecule has 0 N–H and O–H groups in total. The fourth-order valence-electron chi connectivity index (χ4n) is 1.28. The molecule has 0 aliphatic heterocycles. The molecule has 122 valence electrons. The maximum absolute atomic E-state index is 5.53. The Morgan fingerprint density at radius 1 is 0.750 bits per heavy atom. The molecular formula is C16H34O4. The molecule has 0 aliphatic rings. The van der Waals surface area contributed by atoms with Crippen molar-refractivity contribution in [2.24, 2.45) is 5.92 Å². The zero-order valence-corrected chi connectivity index (χ0v) is 14.8. The van der Waals surface area contributed by atoms with Crippen LogP contribution in [-0.2, 0) is 19.6 Å². The van der Waals surface area contributed by atoms with Crippen LogP contribution in [0.5, 0.6) is 0 Å². The molecule has 20 heavy (non-hydrogen) atoms. The van der Waals surface area contributed by atoms with E-state index in [4.69, 9.17) is 19.6 Å². The molecule has 0 spiro atoms. The van der Waals surface area contributed by atoms with Crippen molar-refractivity contribution < 1.29 is 19.6 Å². The lowest BCUT2D eigenvalue weighted by molar-refractivity contribution is -0.398. The maximum atomic E-state index is 5.53. The summed E-state index contributed by atoms with van der Waals surface area (Å²) in [5.74, 6) is 0.412. The lowest BCUT2D eigenvalue weighted by Crippen LogP contribution is -2.31. The van der Waals surface area contributed by atoms with Crippen LogP contribution in [-0.4, -0.2) is 23.4 Å². The van der Waals surface area contributed by atoms with Crippen LogP contribution in [0.3, 0.4) is 0 Å². The Hall–Kier alpha value is -0.160. The summed E-state index contributed by atoms with van der Waals surface area (Å²) in [6.45, 7) is 18.7. The van der Waals surface area contributed by atoms with Gasteiger partial charge in [0, 0.05) is 0 Å². The van der Waals surface area contributed by atoms with Gasteiger partial charge in [0.25, 0.3) is 0 Å². The van der Waals surface area contributed by atoms with E-state index in [0.717, 1.165) is 12.8 Å². The van der Waals surface area contributed by atoms with Crippen molar-refractivity contribution in [2.75, 3.05) is 6.61 Å². The lowest BCUT2D eigenvalue weighted by atomic mass is 9.97. The van der Waals surface area contributed by atoms with Crippen molar-refractivity contribution >= 4 is 0 Å². The Balaban J connectivity index is 3.89. The molecule has 0 aromatic rings. The summed E-state index contributed by atoms with van der Waals surface area (Å²) in [6, 6.07) is 0. The quantitative estimate of drug-likeness (QED) is 0.480. The van der Waals surface area contributed by atoms with E-state index in [2.05, 4.69) is 6.92 Å². The molecule has 0 fully saturated rings. The van der Waals surface area contributed by atoms with Gasteiger partial charge in [-0.3, -0.25) is 0 Å². The minimum atomic E-state index is -0.299. The maximum Gasteiger partial charge on any atom is 0.0980 e. The molecule has 0 saturated heterocycles. The minimum absolute atomic E-state index is 0.261. The van der Waals surface area contributed by atoms with E-state index in [1.165, 1.54) is 0 Å². The third-order valence-corrected chi connectivity index (χ3v) is 2.42. The predicted molar refractivity (Wildman–Crippen MR) is 81.2 cm³/mol. The zero-order chi connectivity index (χ0) is 16.0. The standard InChI is InChI=1S/C16H34O4/c1-13(12-17-18-14(2,3)4)10-11-16(8,9)20-19-15(5,6)7/h13H,10-12H2,1-9H3. The molecule has 0 amide bonds. The highest BCUT2D eigenvalue weighted by molar-refractivity contribution is 4.69. The van der Waals surface area contributed by atoms with Crippen LogP contribution in [0.1, 0.15) is 75.2 Å². The van der Waals surface area contributed by atoms with Crippen molar-refractivity contribution in [2.45, 2.75) is 92.0 Å². The van der Waals surface area contributed by atoms with Gasteiger partial charge in [-0.2, -0.15) is 0 Å². The number of hydrogen-bond donors (Lipinski definition) is 0. The van der Waals surface area contributed by atoms with Gasteiger partial charge in [0.05, 0.1) is 23.4 Å². The van der Waals surface area contributed by atoms with E-state index in [-0.39, 0.29) is 16.8 Å². The summed E-state index contributed by atoms with van der Waals surface area (Å²) in [5.41, 5.74) is -0.846. The summed E-state index contributed by atoms with van der Waals surface area (Å²) in [6.07, 6.45) is 1.90. The van der Waals surface area contributed by atoms with E-state index in [1.54, 1.807) is 0 Å². The first-order chi connectivity index (χ1) is 8.81. The smallest absolute Gasteiger partial charge is 0.0980 e. The second kappa shape index (κ2) is 7.74. The highest BCUT2D eigenvalue weighted by Crippen LogP contribution is 2.23. The van der Waals surface area contributed by atoms with E-state index in [9.17, 15) is 0 Å². The fraction of sp³-hybridized carbons (Fsp3) is 1.00. The van der Waals surface area contributed by atoms with Crippen molar-refractivity contribution in [1.29, 1.82) is 0 Å². The molecule has 4 nitrogen and oxygen atoms in total. The van der Waals surface area contributed by atoms with Crippen LogP contribution in [0.25, 0.3) is 0 Å². The van der Waals surface area contributed by atoms with Crippen LogP contribution >= 0.6 is 0 Å². The fourth-order valence-corrected chi connectivity index (χ4v) is 1.28. The van der Waals surface area contributed by atoms with Crippen LogP contribution in [0.4, 0.5) is 0 Å². The SMILES string of the molecule is CC(CCC(C)(C)OOC(C)(C)C)COOC(C)(C)C. The Kier molecular flexibility index (Phi) is 7.67. The van der Waals surface area contributed by atoms with Crippen molar-refractivity contribution in [3.63, 3.8) is 0 Å². The molecule has 1 atom stereocenters. The molecule has 0 rings (SSSR count). The summed E-state index contributed by atoms with van der Waals surface area (Å²) in [7, 11) is 0. The third kappa shape index (κ3) is 12.9. The third-order valence-electron chi connectivity index (χ3n) is 2.42. The average molecular weight is 290 g/mol. The minimum Gasteiger partial charge on any atom is -0.236 e. The average Bonchev–Trinajstić information content (AvgIpc) is 2.21. The van der Waals surface area contributed by atoms with Gasteiger partial charge in [-0.15, -0.1) is 0 Å². The summed E-state index contributed by atoms with van der Waals surface area (Å²) >= 11 is 0. The van der Waals surface area contributed by atoms with Crippen molar-refractivity contribution in [1.82, 2.24) is 0 Å². The highest BCUT2D eigenvalue weighted by atomic mass is 17.2. The monoisotopic (exact) mass is 290 g/mol. The first kappa shape index (κ1) is 19.8. The molecular weight excluding hydrogens is 256 g/mol. The molecule has 0 radical (unpaired) electrons. The topological polar surface area (TPSA) is 36.9 Å². The second-order valence-corrected chi connectivity index (χ2v) is 8.16. The molecule has 0 heterocycles. The van der Waals surface area contributed by atoms with Gasteiger partial charge >= 0.3 is 0 Å². The first-order valence-corrected chi connectivity index (χ1v) is 7.48. The van der Waals surface area contributed by atoms with E-state index < -0.39 is 0 Å². The van der Waals surface area contributed by atoms with Crippen LogP contribution < -0.4 is 0 Å². The van der Waals surface area contributed by atoms with E-state index in [0.29, 0.717) is 12.5 Å². The molecule has 0 bridgehead atoms. The molecule has 0 aromatic carbocycles. The van der Waals surface area contributed by atoms with Crippen LogP contribution in [0, 0.1) is 5.92 Å². The van der Waals surface area contributed by atoms with Gasteiger partial charge in [0.1, 0.15) is 0 Å². The Labute approximate surface area is 125 Å². The lowest BCUT2D eigenvalue weighted by Gasteiger charge is -2.29. The molecule has 1 unspecified atom stereocenters. The highest BCUT2D eigenvalue weighted by Gasteiger charge is 2.24. The Morgan fingerprint density at radius 3 is 1.70 bits per heavy atom. The van der Waals surface area contributed by atoms with Crippen molar-refractivity contribution in [3.8, 4) is 0 Å². The van der Waals surface area contributed by atoms with Gasteiger partial charge in [0.2, 0.25) is 0 Å². The first-order valence-electron chi connectivity index (χ1n) is 7.48. The van der Waals surface area contributed by atoms with Gasteiger partial charge in [-0.1, -0.05) is 6.92 Å². The van der Waals surface area contributed by atoms with Gasteiger partial charge in [0.15, 0.2) is 0 Å². The van der Waals surface area contributed by atoms with Gasteiger partial charge in [-0.25, -0.2) is 19.6 Å². The molecule has 0 aliphatic carbocycles. The second-order valence-electron chi connectivity index (χ2n) is 8.16. The van der Waals surface area contributed by atoms with E-state index in [1.807, 2.05) is 55.4 Å². The zero-order valence-electron chi connectivity index (χ0n) is 14.8. The summed E-state index contributed by atoms with van der Waals surface area (Å²) < 4.78 is 0. The van der Waals surface area contributed by atoms with Crippen molar-refractivity contribution in [3.05, 3.63) is 0 Å². The molecule has 0 aromatic heterocycles. The Bertz CT molecular complexity index is 261. The van der Waals surface area contributed by atoms with E-state index >= 15 is 0 Å². The number of rotatable bonds is 8.